The SMILES string of the molecule is O=C(NCc1cccc(Cl)c1Cl)N(Cc1ccc(O)cc1)C(c1ccccn1)C1CCCCC1. The van der Waals surface area contributed by atoms with Gasteiger partial charge in [0.2, 0.25) is 0 Å². The number of phenols is 1. The Morgan fingerprint density at radius 1 is 1.03 bits per heavy atom. The van der Waals surface area contributed by atoms with E-state index in [1.165, 1.54) is 6.42 Å². The molecule has 7 heteroatoms. The number of nitrogens with one attached hydrogen (secondary N) is 1. The molecule has 0 spiro atoms. The Balaban J connectivity index is 1.65. The molecule has 3 aromatic rings. The highest BCUT2D eigenvalue weighted by atomic mass is 35.5. The number of aromatic nitrogens is 1. The van der Waals surface area contributed by atoms with Crippen LogP contribution in [-0.2, 0) is 13.1 Å². The van der Waals surface area contributed by atoms with Crippen molar-refractivity contribution in [1.29, 1.82) is 0 Å². The lowest BCUT2D eigenvalue weighted by atomic mass is 9.81. The molecule has 0 aliphatic heterocycles. The predicted octanol–water partition coefficient (Wildman–Crippen LogP) is 7.13. The minimum absolute atomic E-state index is 0.162. The van der Waals surface area contributed by atoms with Crippen LogP contribution in [0.3, 0.4) is 0 Å². The molecule has 5 nitrogen and oxygen atoms in total. The van der Waals surface area contributed by atoms with Gasteiger partial charge in [-0.2, -0.15) is 0 Å². The average Bonchev–Trinajstić information content (AvgIpc) is 2.87. The van der Waals surface area contributed by atoms with Crippen LogP contribution in [0.4, 0.5) is 4.79 Å². The zero-order chi connectivity index (χ0) is 23.9. The number of nitrogens with zero attached hydrogens (tertiary/aromatic N) is 2. The lowest BCUT2D eigenvalue weighted by molar-refractivity contribution is 0.122. The third kappa shape index (κ3) is 6.02. The first kappa shape index (κ1) is 24.4. The summed E-state index contributed by atoms with van der Waals surface area (Å²) in [5, 5.41) is 13.7. The van der Waals surface area contributed by atoms with Crippen LogP contribution in [0, 0.1) is 5.92 Å². The highest BCUT2D eigenvalue weighted by Crippen LogP contribution is 2.38. The fraction of sp³-hybridized carbons (Fsp3) is 0.333. The molecular weight excluding hydrogens is 469 g/mol. The molecule has 1 saturated carbocycles. The number of aromatic hydroxyl groups is 1. The molecule has 34 heavy (non-hydrogen) atoms. The van der Waals surface area contributed by atoms with E-state index >= 15 is 0 Å². The smallest absolute Gasteiger partial charge is 0.318 e. The van der Waals surface area contributed by atoms with Gasteiger partial charge in [-0.15, -0.1) is 0 Å². The van der Waals surface area contributed by atoms with Gasteiger partial charge in [-0.05, 0) is 60.2 Å². The molecule has 1 heterocycles. The van der Waals surface area contributed by atoms with Crippen molar-refractivity contribution >= 4 is 29.2 Å². The summed E-state index contributed by atoms with van der Waals surface area (Å²) in [4.78, 5) is 20.2. The summed E-state index contributed by atoms with van der Waals surface area (Å²) in [6.45, 7) is 0.664. The van der Waals surface area contributed by atoms with Crippen molar-refractivity contribution in [3.8, 4) is 5.75 Å². The quantitative estimate of drug-likeness (QED) is 0.364. The first-order valence-electron chi connectivity index (χ1n) is 11.7. The van der Waals surface area contributed by atoms with Crippen LogP contribution in [0.5, 0.6) is 5.75 Å². The van der Waals surface area contributed by atoms with Crippen molar-refractivity contribution in [3.63, 3.8) is 0 Å². The van der Waals surface area contributed by atoms with Crippen LogP contribution in [0.25, 0.3) is 0 Å². The summed E-state index contributed by atoms with van der Waals surface area (Å²) in [5.74, 6) is 0.519. The van der Waals surface area contributed by atoms with Crippen LogP contribution in [0.2, 0.25) is 10.0 Å². The molecule has 2 amide bonds. The maximum atomic E-state index is 13.7. The average molecular weight is 498 g/mol. The van der Waals surface area contributed by atoms with Crippen LogP contribution in [0.1, 0.15) is 55.0 Å². The summed E-state index contributed by atoms with van der Waals surface area (Å²) in [7, 11) is 0. The number of urea groups is 1. The van der Waals surface area contributed by atoms with Gasteiger partial charge in [0, 0.05) is 19.3 Å². The molecule has 0 bridgehead atoms. The summed E-state index contributed by atoms with van der Waals surface area (Å²) < 4.78 is 0. The topological polar surface area (TPSA) is 65.5 Å². The number of rotatable bonds is 7. The van der Waals surface area contributed by atoms with Crippen molar-refractivity contribution in [2.75, 3.05) is 0 Å². The van der Waals surface area contributed by atoms with Crippen molar-refractivity contribution in [3.05, 3.63) is 93.7 Å². The van der Waals surface area contributed by atoms with Crippen molar-refractivity contribution in [2.45, 2.75) is 51.2 Å². The molecule has 1 atom stereocenters. The van der Waals surface area contributed by atoms with Gasteiger partial charge in [0.1, 0.15) is 5.75 Å². The van der Waals surface area contributed by atoms with Gasteiger partial charge in [-0.25, -0.2) is 4.79 Å². The van der Waals surface area contributed by atoms with Gasteiger partial charge >= 0.3 is 6.03 Å². The molecule has 1 fully saturated rings. The van der Waals surface area contributed by atoms with E-state index in [1.54, 1.807) is 24.4 Å². The Morgan fingerprint density at radius 2 is 1.79 bits per heavy atom. The molecule has 2 N–H and O–H groups in total. The highest BCUT2D eigenvalue weighted by molar-refractivity contribution is 6.42. The zero-order valence-electron chi connectivity index (χ0n) is 19.0. The zero-order valence-corrected chi connectivity index (χ0v) is 20.5. The minimum atomic E-state index is -0.189. The summed E-state index contributed by atoms with van der Waals surface area (Å²) in [6, 6.07) is 17.9. The Kier molecular flexibility index (Phi) is 8.30. The van der Waals surface area contributed by atoms with E-state index in [1.807, 2.05) is 47.4 Å². The predicted molar refractivity (Wildman–Crippen MR) is 136 cm³/mol. The lowest BCUT2D eigenvalue weighted by Gasteiger charge is -2.38. The Labute approximate surface area is 210 Å². The lowest BCUT2D eigenvalue weighted by Crippen LogP contribution is -2.44. The second-order valence-electron chi connectivity index (χ2n) is 8.76. The van der Waals surface area contributed by atoms with E-state index < -0.39 is 0 Å². The normalized spacial score (nSPS) is 15.0. The summed E-state index contributed by atoms with van der Waals surface area (Å²) >= 11 is 12.5. The first-order valence-corrected chi connectivity index (χ1v) is 12.4. The van der Waals surface area contributed by atoms with Gasteiger partial charge in [-0.1, -0.05) is 72.8 Å². The Hall–Kier alpha value is -2.76. The van der Waals surface area contributed by atoms with Gasteiger partial charge in [0.05, 0.1) is 21.8 Å². The van der Waals surface area contributed by atoms with Gasteiger partial charge in [0.25, 0.3) is 0 Å². The first-order chi connectivity index (χ1) is 16.5. The molecular formula is C27H29Cl2N3O2. The van der Waals surface area contributed by atoms with Crippen molar-refractivity contribution in [2.24, 2.45) is 5.92 Å². The minimum Gasteiger partial charge on any atom is -0.508 e. The number of halogens is 2. The van der Waals surface area contributed by atoms with E-state index in [2.05, 4.69) is 10.3 Å². The van der Waals surface area contributed by atoms with Crippen molar-refractivity contribution in [1.82, 2.24) is 15.2 Å². The molecule has 1 aliphatic carbocycles. The number of carbonyl (C=O) groups excluding carboxylic acids is 1. The standard InChI is InChI=1S/C27H29Cl2N3O2/c28-23-10-6-9-21(25(23)29)17-31-27(34)32(18-19-12-14-22(33)15-13-19)26(20-7-2-1-3-8-20)24-11-4-5-16-30-24/h4-6,9-16,20,26,33H,1-3,7-8,17-18H2,(H,31,34). The monoisotopic (exact) mass is 497 g/mol. The molecule has 4 rings (SSSR count). The number of hydrogen-bond donors (Lipinski definition) is 2. The number of carbonyl (C=O) groups is 1. The maximum Gasteiger partial charge on any atom is 0.318 e. The molecule has 1 aromatic heterocycles. The van der Waals surface area contributed by atoms with E-state index in [0.717, 1.165) is 42.5 Å². The fourth-order valence-corrected chi connectivity index (χ4v) is 5.10. The second kappa shape index (κ2) is 11.6. The largest absolute Gasteiger partial charge is 0.508 e. The molecule has 178 valence electrons. The van der Waals surface area contributed by atoms with E-state index in [-0.39, 0.29) is 24.4 Å². The highest BCUT2D eigenvalue weighted by Gasteiger charge is 2.34. The van der Waals surface area contributed by atoms with E-state index in [0.29, 0.717) is 22.5 Å². The van der Waals surface area contributed by atoms with E-state index in [4.69, 9.17) is 23.2 Å². The fourth-order valence-electron chi connectivity index (χ4n) is 4.71. The molecule has 0 saturated heterocycles. The number of phenolic OH excluding ortho intramolecular Hbond substituents is 1. The third-order valence-corrected chi connectivity index (χ3v) is 7.29. The summed E-state index contributed by atoms with van der Waals surface area (Å²) in [5.41, 5.74) is 2.59. The summed E-state index contributed by atoms with van der Waals surface area (Å²) in [6.07, 6.45) is 7.43. The number of benzene rings is 2. The van der Waals surface area contributed by atoms with Crippen LogP contribution in [0.15, 0.2) is 66.9 Å². The van der Waals surface area contributed by atoms with Gasteiger partial charge in [0.15, 0.2) is 0 Å². The number of amides is 2. The van der Waals surface area contributed by atoms with Gasteiger partial charge < -0.3 is 15.3 Å². The second-order valence-corrected chi connectivity index (χ2v) is 9.55. The maximum absolute atomic E-state index is 13.7. The molecule has 1 aliphatic rings. The van der Waals surface area contributed by atoms with Gasteiger partial charge in [-0.3, -0.25) is 4.98 Å². The number of pyridine rings is 1. The van der Waals surface area contributed by atoms with Crippen LogP contribution < -0.4 is 5.32 Å². The third-order valence-electron chi connectivity index (χ3n) is 6.43. The molecule has 0 radical (unpaired) electrons. The molecule has 1 unspecified atom stereocenters. The molecule has 2 aromatic carbocycles. The van der Waals surface area contributed by atoms with E-state index in [9.17, 15) is 9.90 Å². The van der Waals surface area contributed by atoms with Crippen LogP contribution >= 0.6 is 23.2 Å². The number of hydrogen-bond acceptors (Lipinski definition) is 3. The Bertz CT molecular complexity index is 1090. The Morgan fingerprint density at radius 3 is 2.50 bits per heavy atom. The van der Waals surface area contributed by atoms with Crippen molar-refractivity contribution < 1.29 is 9.90 Å². The van der Waals surface area contributed by atoms with Crippen LogP contribution in [-0.4, -0.2) is 21.0 Å².